The number of carbonyl (C=O) groups is 1. The van der Waals surface area contributed by atoms with Gasteiger partial charge >= 0.3 is 0 Å². The van der Waals surface area contributed by atoms with E-state index in [1.54, 1.807) is 25.3 Å². The number of ether oxygens (including phenoxy) is 1. The van der Waals surface area contributed by atoms with Crippen LogP contribution in [-0.4, -0.2) is 24.1 Å². The number of hydrogen-bond donors (Lipinski definition) is 2. The molecule has 1 aromatic carbocycles. The van der Waals surface area contributed by atoms with E-state index >= 15 is 0 Å². The summed E-state index contributed by atoms with van der Waals surface area (Å²) in [7, 11) is 1.62. The number of benzene rings is 1. The van der Waals surface area contributed by atoms with Crippen molar-refractivity contribution in [1.82, 2.24) is 0 Å². The Bertz CT molecular complexity index is 480. The molecule has 0 spiro atoms. The standard InChI is InChI=1S/C13H17ClN2O2S/c1-8(18-2)3-6-12(17)16-11-7-9(13(15)19)4-5-10(11)14/h4-5,7-8H,3,6H2,1-2H3,(H2,15,19)(H,16,17). The maximum atomic E-state index is 11.8. The van der Waals surface area contributed by atoms with Crippen LogP contribution in [0.15, 0.2) is 18.2 Å². The molecule has 0 fully saturated rings. The maximum absolute atomic E-state index is 11.8. The van der Waals surface area contributed by atoms with Crippen molar-refractivity contribution in [3.63, 3.8) is 0 Å². The second-order valence-corrected chi connectivity index (χ2v) is 5.04. The number of nitrogens with two attached hydrogens (primary N) is 1. The zero-order chi connectivity index (χ0) is 14.4. The molecule has 19 heavy (non-hydrogen) atoms. The normalized spacial score (nSPS) is 11.9. The lowest BCUT2D eigenvalue weighted by molar-refractivity contribution is -0.116. The van der Waals surface area contributed by atoms with Gasteiger partial charge in [-0.05, 0) is 25.5 Å². The molecule has 0 aliphatic heterocycles. The first-order valence-electron chi connectivity index (χ1n) is 5.86. The second kappa shape index (κ2) is 7.43. The predicted molar refractivity (Wildman–Crippen MR) is 81.7 cm³/mol. The summed E-state index contributed by atoms with van der Waals surface area (Å²) < 4.78 is 5.09. The summed E-state index contributed by atoms with van der Waals surface area (Å²) in [6, 6.07) is 5.04. The van der Waals surface area contributed by atoms with Crippen LogP contribution in [0.4, 0.5) is 5.69 Å². The first kappa shape index (κ1) is 15.9. The van der Waals surface area contributed by atoms with Crippen molar-refractivity contribution < 1.29 is 9.53 Å². The Hall–Kier alpha value is -1.17. The molecule has 0 aromatic heterocycles. The molecule has 6 heteroatoms. The van der Waals surface area contributed by atoms with E-state index in [9.17, 15) is 4.79 Å². The van der Waals surface area contributed by atoms with Crippen LogP contribution in [0, 0.1) is 0 Å². The highest BCUT2D eigenvalue weighted by Gasteiger charge is 2.09. The first-order valence-corrected chi connectivity index (χ1v) is 6.64. The topological polar surface area (TPSA) is 64.3 Å². The lowest BCUT2D eigenvalue weighted by atomic mass is 10.2. The van der Waals surface area contributed by atoms with E-state index in [2.05, 4.69) is 5.32 Å². The molecule has 1 amide bonds. The molecule has 1 aromatic rings. The van der Waals surface area contributed by atoms with Crippen LogP contribution < -0.4 is 11.1 Å². The molecule has 0 aliphatic carbocycles. The number of amides is 1. The smallest absolute Gasteiger partial charge is 0.224 e. The zero-order valence-electron chi connectivity index (χ0n) is 10.9. The summed E-state index contributed by atoms with van der Waals surface area (Å²) in [6.07, 6.45) is 1.06. The molecule has 1 rings (SSSR count). The van der Waals surface area contributed by atoms with E-state index in [0.29, 0.717) is 29.1 Å². The van der Waals surface area contributed by atoms with Crippen molar-refractivity contribution in [3.05, 3.63) is 28.8 Å². The third-order valence-corrected chi connectivity index (χ3v) is 3.27. The fourth-order valence-corrected chi connectivity index (χ4v) is 1.73. The highest BCUT2D eigenvalue weighted by Crippen LogP contribution is 2.23. The molecule has 3 N–H and O–H groups in total. The number of hydrogen-bond acceptors (Lipinski definition) is 3. The van der Waals surface area contributed by atoms with Crippen LogP contribution in [0.5, 0.6) is 0 Å². The summed E-state index contributed by atoms with van der Waals surface area (Å²) >= 11 is 10.9. The number of carbonyl (C=O) groups excluding carboxylic acids is 1. The molecule has 104 valence electrons. The molecule has 0 saturated carbocycles. The quantitative estimate of drug-likeness (QED) is 0.793. The molecule has 0 aliphatic rings. The highest BCUT2D eigenvalue weighted by molar-refractivity contribution is 7.80. The van der Waals surface area contributed by atoms with Gasteiger partial charge in [0.2, 0.25) is 5.91 Å². The number of rotatable bonds is 6. The Balaban J connectivity index is 2.68. The zero-order valence-corrected chi connectivity index (χ0v) is 12.5. The molecule has 0 bridgehead atoms. The van der Waals surface area contributed by atoms with Crippen molar-refractivity contribution in [2.75, 3.05) is 12.4 Å². The lowest BCUT2D eigenvalue weighted by Gasteiger charge is -2.11. The van der Waals surface area contributed by atoms with Gasteiger partial charge in [-0.3, -0.25) is 4.79 Å². The Morgan fingerprint density at radius 1 is 1.58 bits per heavy atom. The Morgan fingerprint density at radius 3 is 2.84 bits per heavy atom. The summed E-state index contributed by atoms with van der Waals surface area (Å²) in [5.41, 5.74) is 6.72. The fourth-order valence-electron chi connectivity index (χ4n) is 1.44. The molecule has 1 atom stereocenters. The lowest BCUT2D eigenvalue weighted by Crippen LogP contribution is -2.16. The van der Waals surface area contributed by atoms with Gasteiger partial charge in [0.05, 0.1) is 16.8 Å². The Labute approximate surface area is 123 Å². The van der Waals surface area contributed by atoms with E-state index in [1.807, 2.05) is 6.92 Å². The van der Waals surface area contributed by atoms with Crippen LogP contribution in [0.2, 0.25) is 5.02 Å². The summed E-state index contributed by atoms with van der Waals surface area (Å²) in [5, 5.41) is 3.20. The van der Waals surface area contributed by atoms with Gasteiger partial charge in [-0.25, -0.2) is 0 Å². The first-order chi connectivity index (χ1) is 8.93. The van der Waals surface area contributed by atoms with E-state index in [-0.39, 0.29) is 17.0 Å². The molecular formula is C13H17ClN2O2S. The van der Waals surface area contributed by atoms with Crippen molar-refractivity contribution in [1.29, 1.82) is 0 Å². The minimum atomic E-state index is -0.120. The SMILES string of the molecule is COC(C)CCC(=O)Nc1cc(C(N)=S)ccc1Cl. The van der Waals surface area contributed by atoms with Gasteiger partial charge in [0.15, 0.2) is 0 Å². The van der Waals surface area contributed by atoms with Crippen LogP contribution >= 0.6 is 23.8 Å². The largest absolute Gasteiger partial charge is 0.389 e. The van der Waals surface area contributed by atoms with Gasteiger partial charge in [0.1, 0.15) is 4.99 Å². The van der Waals surface area contributed by atoms with E-state index in [4.69, 9.17) is 34.3 Å². The molecule has 0 saturated heterocycles. The molecule has 1 unspecified atom stereocenters. The predicted octanol–water partition coefficient (Wildman–Crippen LogP) is 2.73. The maximum Gasteiger partial charge on any atom is 0.224 e. The van der Waals surface area contributed by atoms with Crippen LogP contribution in [0.1, 0.15) is 25.3 Å². The Morgan fingerprint density at radius 2 is 2.26 bits per heavy atom. The van der Waals surface area contributed by atoms with Gasteiger partial charge in [-0.15, -0.1) is 0 Å². The molecule has 4 nitrogen and oxygen atoms in total. The molecular weight excluding hydrogens is 284 g/mol. The highest BCUT2D eigenvalue weighted by atomic mass is 35.5. The number of halogens is 1. The van der Waals surface area contributed by atoms with E-state index < -0.39 is 0 Å². The van der Waals surface area contributed by atoms with Crippen molar-refractivity contribution in [2.24, 2.45) is 5.73 Å². The average molecular weight is 301 g/mol. The minimum absolute atomic E-state index is 0.0455. The third kappa shape index (κ3) is 5.14. The van der Waals surface area contributed by atoms with Crippen LogP contribution in [0.25, 0.3) is 0 Å². The molecule has 0 radical (unpaired) electrons. The van der Waals surface area contributed by atoms with Gasteiger partial charge < -0.3 is 15.8 Å². The second-order valence-electron chi connectivity index (χ2n) is 4.19. The molecule has 0 heterocycles. The Kier molecular flexibility index (Phi) is 6.21. The number of methoxy groups -OCH3 is 1. The van der Waals surface area contributed by atoms with E-state index in [1.165, 1.54) is 0 Å². The monoisotopic (exact) mass is 300 g/mol. The number of anilines is 1. The number of thiocarbonyl (C=S) groups is 1. The third-order valence-electron chi connectivity index (χ3n) is 2.71. The van der Waals surface area contributed by atoms with Gasteiger partial charge in [0.25, 0.3) is 0 Å². The van der Waals surface area contributed by atoms with Crippen LogP contribution in [-0.2, 0) is 9.53 Å². The van der Waals surface area contributed by atoms with E-state index in [0.717, 1.165) is 0 Å². The van der Waals surface area contributed by atoms with Gasteiger partial charge in [-0.1, -0.05) is 29.9 Å². The van der Waals surface area contributed by atoms with Crippen molar-refractivity contribution in [2.45, 2.75) is 25.9 Å². The van der Waals surface area contributed by atoms with Crippen molar-refractivity contribution >= 4 is 40.4 Å². The average Bonchev–Trinajstić information content (AvgIpc) is 2.38. The minimum Gasteiger partial charge on any atom is -0.389 e. The fraction of sp³-hybridized carbons (Fsp3) is 0.385. The number of nitrogens with one attached hydrogen (secondary N) is 1. The summed E-state index contributed by atoms with van der Waals surface area (Å²) in [6.45, 7) is 1.91. The van der Waals surface area contributed by atoms with Crippen molar-refractivity contribution in [3.8, 4) is 0 Å². The van der Waals surface area contributed by atoms with Crippen LogP contribution in [0.3, 0.4) is 0 Å². The summed E-state index contributed by atoms with van der Waals surface area (Å²) in [4.78, 5) is 12.0. The van der Waals surface area contributed by atoms with Gasteiger partial charge in [-0.2, -0.15) is 0 Å². The van der Waals surface area contributed by atoms with Gasteiger partial charge in [0, 0.05) is 19.1 Å². The summed E-state index contributed by atoms with van der Waals surface area (Å²) in [5.74, 6) is -0.120.